The Morgan fingerprint density at radius 2 is 2.05 bits per heavy atom. The van der Waals surface area contributed by atoms with Gasteiger partial charge in [0.2, 0.25) is 0 Å². The van der Waals surface area contributed by atoms with Crippen LogP contribution in [0.3, 0.4) is 0 Å². The van der Waals surface area contributed by atoms with Crippen LogP contribution in [-0.4, -0.2) is 11.5 Å². The normalized spacial score (nSPS) is 16.9. The topological polar surface area (TPSA) is 50.9 Å². The van der Waals surface area contributed by atoms with Crippen molar-refractivity contribution in [2.45, 2.75) is 31.2 Å². The van der Waals surface area contributed by atoms with Crippen molar-refractivity contribution in [2.75, 3.05) is 12.3 Å². The number of nitrogens with one attached hydrogen (secondary N) is 1. The molecule has 2 aromatic rings. The van der Waals surface area contributed by atoms with E-state index in [4.69, 9.17) is 17.3 Å². The van der Waals surface area contributed by atoms with Gasteiger partial charge in [-0.25, -0.2) is 4.98 Å². The van der Waals surface area contributed by atoms with Gasteiger partial charge in [-0.05, 0) is 30.5 Å². The minimum Gasteiger partial charge on any atom is -0.375 e. The summed E-state index contributed by atoms with van der Waals surface area (Å²) in [6.45, 7) is 1.83. The molecule has 1 heterocycles. The minimum absolute atomic E-state index is 0.279. The molecular weight excluding hydrogens is 290 g/mol. The summed E-state index contributed by atoms with van der Waals surface area (Å²) in [5, 5.41) is 4.99. The Labute approximate surface area is 128 Å². The standard InChI is InChI=1S/C15H18ClN3S/c16-12-4-2-11(3-5-12)15(6-1-7-15)10-18-8-13-9-19-14(17)20-13/h2-5,9,18H,1,6-8,10H2,(H2,17,19). The Bertz CT molecular complexity index is 575. The van der Waals surface area contributed by atoms with Gasteiger partial charge in [-0.15, -0.1) is 11.3 Å². The zero-order chi connectivity index (χ0) is 14.0. The molecule has 1 fully saturated rings. The van der Waals surface area contributed by atoms with E-state index in [1.807, 2.05) is 18.3 Å². The SMILES string of the molecule is Nc1ncc(CNCC2(c3ccc(Cl)cc3)CCC2)s1. The molecule has 1 aliphatic rings. The van der Waals surface area contributed by atoms with Crippen LogP contribution in [0, 0.1) is 0 Å². The van der Waals surface area contributed by atoms with E-state index in [2.05, 4.69) is 22.4 Å². The summed E-state index contributed by atoms with van der Waals surface area (Å²) in [6, 6.07) is 8.30. The number of halogens is 1. The van der Waals surface area contributed by atoms with Gasteiger partial charge in [0.15, 0.2) is 5.13 Å². The van der Waals surface area contributed by atoms with Gasteiger partial charge < -0.3 is 11.1 Å². The molecule has 0 aliphatic heterocycles. The van der Waals surface area contributed by atoms with Crippen molar-refractivity contribution >= 4 is 28.1 Å². The van der Waals surface area contributed by atoms with Crippen LogP contribution in [-0.2, 0) is 12.0 Å². The number of thiazole rings is 1. The molecule has 3 rings (SSSR count). The molecule has 3 N–H and O–H groups in total. The Morgan fingerprint density at radius 1 is 1.30 bits per heavy atom. The van der Waals surface area contributed by atoms with Crippen molar-refractivity contribution in [3.8, 4) is 0 Å². The molecule has 20 heavy (non-hydrogen) atoms. The van der Waals surface area contributed by atoms with Crippen LogP contribution in [0.25, 0.3) is 0 Å². The molecule has 1 saturated carbocycles. The minimum atomic E-state index is 0.279. The number of hydrogen-bond donors (Lipinski definition) is 2. The quantitative estimate of drug-likeness (QED) is 0.887. The van der Waals surface area contributed by atoms with Crippen LogP contribution in [0.2, 0.25) is 5.02 Å². The molecule has 1 aliphatic carbocycles. The smallest absolute Gasteiger partial charge is 0.180 e. The number of benzene rings is 1. The zero-order valence-electron chi connectivity index (χ0n) is 11.2. The van der Waals surface area contributed by atoms with Gasteiger partial charge in [-0.2, -0.15) is 0 Å². The molecule has 106 valence electrons. The monoisotopic (exact) mass is 307 g/mol. The molecule has 0 spiro atoms. The van der Waals surface area contributed by atoms with Crippen LogP contribution in [0.5, 0.6) is 0 Å². The number of nitrogens with two attached hydrogens (primary N) is 1. The summed E-state index contributed by atoms with van der Waals surface area (Å²) < 4.78 is 0. The van der Waals surface area contributed by atoms with Crippen LogP contribution in [0.4, 0.5) is 5.13 Å². The number of hydrogen-bond acceptors (Lipinski definition) is 4. The molecule has 0 amide bonds. The number of rotatable bonds is 5. The summed E-state index contributed by atoms with van der Waals surface area (Å²) in [5.74, 6) is 0. The van der Waals surface area contributed by atoms with E-state index in [0.717, 1.165) is 18.1 Å². The number of aromatic nitrogens is 1. The highest BCUT2D eigenvalue weighted by Crippen LogP contribution is 2.43. The van der Waals surface area contributed by atoms with E-state index in [1.165, 1.54) is 29.7 Å². The van der Waals surface area contributed by atoms with E-state index in [1.54, 1.807) is 11.3 Å². The van der Waals surface area contributed by atoms with Crippen LogP contribution >= 0.6 is 22.9 Å². The maximum absolute atomic E-state index is 5.98. The Kier molecular flexibility index (Phi) is 3.96. The summed E-state index contributed by atoms with van der Waals surface area (Å²) in [6.07, 6.45) is 5.64. The fourth-order valence-corrected chi connectivity index (χ4v) is 3.58. The third-order valence-corrected chi connectivity index (χ3v) is 5.18. The van der Waals surface area contributed by atoms with Crippen LogP contribution in [0.15, 0.2) is 30.5 Å². The second-order valence-electron chi connectivity index (χ2n) is 5.41. The predicted octanol–water partition coefficient (Wildman–Crippen LogP) is 3.59. The Morgan fingerprint density at radius 3 is 2.60 bits per heavy atom. The van der Waals surface area contributed by atoms with Crippen LogP contribution < -0.4 is 11.1 Å². The Balaban J connectivity index is 1.63. The highest BCUT2D eigenvalue weighted by Gasteiger charge is 2.38. The van der Waals surface area contributed by atoms with E-state index in [0.29, 0.717) is 5.13 Å². The molecule has 0 atom stereocenters. The van der Waals surface area contributed by atoms with E-state index in [9.17, 15) is 0 Å². The molecule has 3 nitrogen and oxygen atoms in total. The Hall–Kier alpha value is -1.10. The number of anilines is 1. The molecule has 0 saturated heterocycles. The summed E-state index contributed by atoms with van der Waals surface area (Å²) in [5.41, 5.74) is 7.32. The molecule has 0 bridgehead atoms. The highest BCUT2D eigenvalue weighted by molar-refractivity contribution is 7.15. The fraction of sp³-hybridized carbons (Fsp3) is 0.400. The van der Waals surface area contributed by atoms with Gasteiger partial charge in [-0.1, -0.05) is 30.2 Å². The second kappa shape index (κ2) is 5.72. The van der Waals surface area contributed by atoms with Gasteiger partial charge in [0.1, 0.15) is 0 Å². The lowest BCUT2D eigenvalue weighted by molar-refractivity contribution is 0.233. The van der Waals surface area contributed by atoms with E-state index < -0.39 is 0 Å². The van der Waals surface area contributed by atoms with Crippen molar-refractivity contribution in [3.63, 3.8) is 0 Å². The maximum atomic E-state index is 5.98. The molecule has 0 unspecified atom stereocenters. The lowest BCUT2D eigenvalue weighted by Crippen LogP contribution is -2.43. The summed E-state index contributed by atoms with van der Waals surface area (Å²) in [7, 11) is 0. The second-order valence-corrected chi connectivity index (χ2v) is 6.99. The first kappa shape index (κ1) is 13.9. The van der Waals surface area contributed by atoms with Gasteiger partial charge in [0.25, 0.3) is 0 Å². The summed E-state index contributed by atoms with van der Waals surface area (Å²) >= 11 is 7.53. The largest absolute Gasteiger partial charge is 0.375 e. The van der Waals surface area contributed by atoms with Crippen molar-refractivity contribution in [3.05, 3.63) is 45.9 Å². The van der Waals surface area contributed by atoms with E-state index >= 15 is 0 Å². The molecule has 5 heteroatoms. The average molecular weight is 308 g/mol. The van der Waals surface area contributed by atoms with Crippen molar-refractivity contribution in [2.24, 2.45) is 0 Å². The highest BCUT2D eigenvalue weighted by atomic mass is 35.5. The number of nitrogen functional groups attached to an aromatic ring is 1. The lowest BCUT2D eigenvalue weighted by Gasteiger charge is -2.43. The van der Waals surface area contributed by atoms with Gasteiger partial charge >= 0.3 is 0 Å². The van der Waals surface area contributed by atoms with E-state index in [-0.39, 0.29) is 5.41 Å². The van der Waals surface area contributed by atoms with Gasteiger partial charge in [0, 0.05) is 34.6 Å². The first-order valence-electron chi connectivity index (χ1n) is 6.85. The number of nitrogens with zero attached hydrogens (tertiary/aromatic N) is 1. The zero-order valence-corrected chi connectivity index (χ0v) is 12.8. The molecule has 1 aromatic heterocycles. The first-order chi connectivity index (χ1) is 9.68. The first-order valence-corrected chi connectivity index (χ1v) is 8.04. The summed E-state index contributed by atoms with van der Waals surface area (Å²) in [4.78, 5) is 5.26. The average Bonchev–Trinajstić information content (AvgIpc) is 2.80. The fourth-order valence-electron chi connectivity index (χ4n) is 2.80. The maximum Gasteiger partial charge on any atom is 0.180 e. The van der Waals surface area contributed by atoms with Crippen molar-refractivity contribution in [1.82, 2.24) is 10.3 Å². The third-order valence-electron chi connectivity index (χ3n) is 4.10. The molecular formula is C15H18ClN3S. The third kappa shape index (κ3) is 2.82. The molecule has 1 aromatic carbocycles. The van der Waals surface area contributed by atoms with Gasteiger partial charge in [-0.3, -0.25) is 0 Å². The van der Waals surface area contributed by atoms with Crippen LogP contribution in [0.1, 0.15) is 29.7 Å². The van der Waals surface area contributed by atoms with Crippen molar-refractivity contribution in [1.29, 1.82) is 0 Å². The molecule has 0 radical (unpaired) electrons. The van der Waals surface area contributed by atoms with Gasteiger partial charge in [0.05, 0.1) is 0 Å². The predicted molar refractivity (Wildman–Crippen MR) is 85.2 cm³/mol. The van der Waals surface area contributed by atoms with Crippen molar-refractivity contribution < 1.29 is 0 Å². The lowest BCUT2D eigenvalue weighted by atomic mass is 9.64.